The van der Waals surface area contributed by atoms with Gasteiger partial charge in [0.1, 0.15) is 0 Å². The first kappa shape index (κ1) is 10.0. The highest BCUT2D eigenvalue weighted by Gasteiger charge is 2.42. The predicted molar refractivity (Wildman–Crippen MR) is 61.2 cm³/mol. The largest absolute Gasteiger partial charge is 0.316 e. The van der Waals surface area contributed by atoms with Crippen LogP contribution in [0.4, 0.5) is 0 Å². The topological polar surface area (TPSA) is 12.0 Å². The second-order valence-corrected chi connectivity index (χ2v) is 4.39. The zero-order chi connectivity index (χ0) is 8.73. The van der Waals surface area contributed by atoms with Crippen LogP contribution in [0.5, 0.6) is 0 Å². The lowest BCUT2D eigenvalue weighted by molar-refractivity contribution is 0.275. The van der Waals surface area contributed by atoms with Gasteiger partial charge in [0.25, 0.3) is 0 Å². The van der Waals surface area contributed by atoms with Crippen LogP contribution in [-0.4, -0.2) is 13.1 Å². The summed E-state index contributed by atoms with van der Waals surface area (Å²) in [5, 5.41) is 3.52. The number of fused-ring (bicyclic) bond motifs is 2. The Morgan fingerprint density at radius 1 is 1.21 bits per heavy atom. The standard InChI is InChI=1S/C12H15N.ClH/c1-2-5-11-10(4-1)8-12(11)6-3-7-13-9-12;/h1-2,4-5,13H,3,6-9H2;1H. The van der Waals surface area contributed by atoms with Crippen molar-refractivity contribution < 1.29 is 0 Å². The predicted octanol–water partition coefficient (Wildman–Crippen LogP) is 2.29. The number of hydrogen-bond donors (Lipinski definition) is 1. The quantitative estimate of drug-likeness (QED) is 0.692. The van der Waals surface area contributed by atoms with Gasteiger partial charge in [-0.15, -0.1) is 12.4 Å². The van der Waals surface area contributed by atoms with E-state index in [1.165, 1.54) is 32.4 Å². The highest BCUT2D eigenvalue weighted by Crippen LogP contribution is 2.44. The van der Waals surface area contributed by atoms with Gasteiger partial charge in [0, 0.05) is 12.0 Å². The fourth-order valence-corrected chi connectivity index (χ4v) is 2.89. The van der Waals surface area contributed by atoms with Crippen molar-refractivity contribution in [3.63, 3.8) is 0 Å². The fourth-order valence-electron chi connectivity index (χ4n) is 2.89. The molecular formula is C12H16ClN. The summed E-state index contributed by atoms with van der Waals surface area (Å²) in [5.41, 5.74) is 3.71. The van der Waals surface area contributed by atoms with Gasteiger partial charge in [0.2, 0.25) is 0 Å². The molecule has 1 unspecified atom stereocenters. The molecule has 1 saturated heterocycles. The Morgan fingerprint density at radius 3 is 2.79 bits per heavy atom. The number of nitrogens with one attached hydrogen (secondary N) is 1. The first-order valence-corrected chi connectivity index (χ1v) is 5.20. The van der Waals surface area contributed by atoms with Gasteiger partial charge in [-0.05, 0) is 36.9 Å². The molecule has 14 heavy (non-hydrogen) atoms. The molecule has 0 bridgehead atoms. The molecule has 1 aliphatic heterocycles. The van der Waals surface area contributed by atoms with E-state index in [0.717, 1.165) is 0 Å². The van der Waals surface area contributed by atoms with Crippen LogP contribution in [0.15, 0.2) is 24.3 Å². The van der Waals surface area contributed by atoms with Crippen molar-refractivity contribution in [3.8, 4) is 0 Å². The minimum Gasteiger partial charge on any atom is -0.316 e. The molecule has 1 spiro atoms. The number of piperidine rings is 1. The molecule has 1 aromatic carbocycles. The van der Waals surface area contributed by atoms with Crippen LogP contribution in [0.25, 0.3) is 0 Å². The Kier molecular flexibility index (Phi) is 2.54. The van der Waals surface area contributed by atoms with Crippen molar-refractivity contribution in [2.75, 3.05) is 13.1 Å². The van der Waals surface area contributed by atoms with Crippen molar-refractivity contribution in [1.29, 1.82) is 0 Å². The van der Waals surface area contributed by atoms with Crippen molar-refractivity contribution in [2.45, 2.75) is 24.7 Å². The molecule has 2 heteroatoms. The monoisotopic (exact) mass is 209 g/mol. The molecule has 1 aliphatic carbocycles. The molecule has 1 N–H and O–H groups in total. The van der Waals surface area contributed by atoms with Crippen LogP contribution < -0.4 is 5.32 Å². The third-order valence-corrected chi connectivity index (χ3v) is 3.59. The molecule has 3 rings (SSSR count). The second kappa shape index (κ2) is 3.56. The number of rotatable bonds is 0. The lowest BCUT2D eigenvalue weighted by Crippen LogP contribution is -2.50. The van der Waals surface area contributed by atoms with Crippen LogP contribution in [0.1, 0.15) is 24.0 Å². The smallest absolute Gasteiger partial charge is 0.0121 e. The molecule has 76 valence electrons. The number of benzene rings is 1. The molecule has 0 saturated carbocycles. The number of halogens is 1. The average Bonchev–Trinajstić information content (AvgIpc) is 2.18. The van der Waals surface area contributed by atoms with Gasteiger partial charge in [0.05, 0.1) is 0 Å². The highest BCUT2D eigenvalue weighted by molar-refractivity contribution is 5.85. The molecule has 0 amide bonds. The summed E-state index contributed by atoms with van der Waals surface area (Å²) in [5.74, 6) is 0. The maximum Gasteiger partial charge on any atom is 0.0121 e. The van der Waals surface area contributed by atoms with Crippen LogP contribution in [0.2, 0.25) is 0 Å². The Balaban J connectivity index is 0.000000750. The molecule has 1 aromatic rings. The van der Waals surface area contributed by atoms with E-state index in [1.54, 1.807) is 11.1 Å². The molecule has 0 aromatic heterocycles. The van der Waals surface area contributed by atoms with E-state index in [2.05, 4.69) is 29.6 Å². The van der Waals surface area contributed by atoms with Crippen LogP contribution in [0, 0.1) is 0 Å². The first-order chi connectivity index (χ1) is 6.41. The molecule has 1 heterocycles. The van der Waals surface area contributed by atoms with Gasteiger partial charge >= 0.3 is 0 Å². The van der Waals surface area contributed by atoms with Gasteiger partial charge in [0.15, 0.2) is 0 Å². The van der Waals surface area contributed by atoms with E-state index < -0.39 is 0 Å². The van der Waals surface area contributed by atoms with E-state index in [9.17, 15) is 0 Å². The van der Waals surface area contributed by atoms with Gasteiger partial charge in [-0.3, -0.25) is 0 Å². The van der Waals surface area contributed by atoms with Crippen molar-refractivity contribution in [3.05, 3.63) is 35.4 Å². The molecule has 2 aliphatic rings. The molecule has 0 radical (unpaired) electrons. The zero-order valence-corrected chi connectivity index (χ0v) is 9.07. The van der Waals surface area contributed by atoms with Crippen LogP contribution in [-0.2, 0) is 11.8 Å². The van der Waals surface area contributed by atoms with E-state index in [1.807, 2.05) is 0 Å². The SMILES string of the molecule is Cl.c1ccc2c(c1)CC21CCCNC1. The first-order valence-electron chi connectivity index (χ1n) is 5.20. The molecular weight excluding hydrogens is 194 g/mol. The van der Waals surface area contributed by atoms with Gasteiger partial charge < -0.3 is 5.32 Å². The highest BCUT2D eigenvalue weighted by atomic mass is 35.5. The van der Waals surface area contributed by atoms with Crippen molar-refractivity contribution in [2.24, 2.45) is 0 Å². The molecule has 1 nitrogen and oxygen atoms in total. The molecule has 1 fully saturated rings. The van der Waals surface area contributed by atoms with Gasteiger partial charge in [-0.1, -0.05) is 24.3 Å². The minimum absolute atomic E-state index is 0. The van der Waals surface area contributed by atoms with E-state index in [4.69, 9.17) is 0 Å². The third kappa shape index (κ3) is 1.27. The summed E-state index contributed by atoms with van der Waals surface area (Å²) in [7, 11) is 0. The van der Waals surface area contributed by atoms with Crippen molar-refractivity contribution in [1.82, 2.24) is 5.32 Å². The zero-order valence-electron chi connectivity index (χ0n) is 8.25. The fraction of sp³-hybridized carbons (Fsp3) is 0.500. The van der Waals surface area contributed by atoms with E-state index in [-0.39, 0.29) is 12.4 Å². The lowest BCUT2D eigenvalue weighted by atomic mass is 9.60. The van der Waals surface area contributed by atoms with E-state index >= 15 is 0 Å². The summed E-state index contributed by atoms with van der Waals surface area (Å²) in [6, 6.07) is 8.91. The summed E-state index contributed by atoms with van der Waals surface area (Å²) in [6.07, 6.45) is 4.03. The summed E-state index contributed by atoms with van der Waals surface area (Å²) in [4.78, 5) is 0. The summed E-state index contributed by atoms with van der Waals surface area (Å²) < 4.78 is 0. The summed E-state index contributed by atoms with van der Waals surface area (Å²) in [6.45, 7) is 2.41. The van der Waals surface area contributed by atoms with E-state index in [0.29, 0.717) is 5.41 Å². The Bertz CT molecular complexity index is 329. The normalized spacial score (nSPS) is 28.9. The molecule has 1 atom stereocenters. The Labute approximate surface area is 91.3 Å². The van der Waals surface area contributed by atoms with Crippen LogP contribution >= 0.6 is 12.4 Å². The van der Waals surface area contributed by atoms with Gasteiger partial charge in [-0.25, -0.2) is 0 Å². The average molecular weight is 210 g/mol. The van der Waals surface area contributed by atoms with Gasteiger partial charge in [-0.2, -0.15) is 0 Å². The lowest BCUT2D eigenvalue weighted by Gasteiger charge is -2.47. The Hall–Kier alpha value is -0.530. The maximum absolute atomic E-state index is 3.52. The minimum atomic E-state index is 0. The summed E-state index contributed by atoms with van der Waals surface area (Å²) >= 11 is 0. The number of hydrogen-bond acceptors (Lipinski definition) is 1. The van der Waals surface area contributed by atoms with Crippen molar-refractivity contribution >= 4 is 12.4 Å². The maximum atomic E-state index is 3.52. The van der Waals surface area contributed by atoms with Crippen LogP contribution in [0.3, 0.4) is 0 Å². The third-order valence-electron chi connectivity index (χ3n) is 3.59. The Morgan fingerprint density at radius 2 is 2.07 bits per heavy atom. The second-order valence-electron chi connectivity index (χ2n) is 4.39.